The molecule has 1 aliphatic rings. The van der Waals surface area contributed by atoms with Crippen molar-refractivity contribution in [1.82, 2.24) is 10.2 Å². The molecule has 2 N–H and O–H groups in total. The number of aryl methyl sites for hydroxylation is 2. The van der Waals surface area contributed by atoms with E-state index in [1.165, 1.54) is 24.0 Å². The molecule has 1 aliphatic heterocycles. The van der Waals surface area contributed by atoms with E-state index in [-0.39, 0.29) is 6.10 Å². The van der Waals surface area contributed by atoms with Gasteiger partial charge >= 0.3 is 0 Å². The number of benzene rings is 1. The van der Waals surface area contributed by atoms with E-state index in [0.717, 1.165) is 45.4 Å². The highest BCUT2D eigenvalue weighted by atomic mass is 16.3. The van der Waals surface area contributed by atoms with Crippen LogP contribution in [0.1, 0.15) is 43.7 Å². The van der Waals surface area contributed by atoms with Crippen molar-refractivity contribution < 1.29 is 5.11 Å². The molecule has 1 saturated heterocycles. The van der Waals surface area contributed by atoms with Crippen LogP contribution in [-0.4, -0.2) is 48.3 Å². The fraction of sp³-hybridized carbons (Fsp3) is 0.684. The molecule has 1 heterocycles. The normalized spacial score (nSPS) is 18.5. The van der Waals surface area contributed by atoms with Gasteiger partial charge < -0.3 is 15.3 Å². The third-order valence-corrected chi connectivity index (χ3v) is 4.69. The molecule has 1 atom stereocenters. The highest BCUT2D eigenvalue weighted by Gasteiger charge is 2.16. The maximum absolute atomic E-state index is 9.50. The quantitative estimate of drug-likeness (QED) is 0.725. The first-order chi connectivity index (χ1) is 10.6. The van der Waals surface area contributed by atoms with Crippen molar-refractivity contribution in [1.29, 1.82) is 0 Å². The second-order valence-electron chi connectivity index (χ2n) is 6.81. The van der Waals surface area contributed by atoms with E-state index in [1.54, 1.807) is 0 Å². The Hall–Kier alpha value is -0.900. The number of aliphatic hydroxyl groups is 1. The molecule has 0 saturated carbocycles. The minimum absolute atomic E-state index is 0.0591. The number of hydrogen-bond donors (Lipinski definition) is 2. The van der Waals surface area contributed by atoms with Crippen LogP contribution >= 0.6 is 0 Å². The molecule has 1 unspecified atom stereocenters. The van der Waals surface area contributed by atoms with Crippen molar-refractivity contribution in [2.24, 2.45) is 0 Å². The summed E-state index contributed by atoms with van der Waals surface area (Å²) >= 11 is 0. The van der Waals surface area contributed by atoms with Gasteiger partial charge in [-0.3, -0.25) is 0 Å². The van der Waals surface area contributed by atoms with Crippen molar-refractivity contribution in [2.45, 2.75) is 58.1 Å². The Balaban J connectivity index is 1.52. The standard InChI is InChI=1S/C19H32N2O/c1-16-4-7-18(8-5-16)9-6-17(2)20-12-3-13-21-14-10-19(22)11-15-21/h4-5,7-8,17,19-20,22H,3,6,9-15H2,1-2H3. The predicted molar refractivity (Wildman–Crippen MR) is 93.3 cm³/mol. The Bertz CT molecular complexity index is 410. The molecule has 0 radical (unpaired) electrons. The van der Waals surface area contributed by atoms with Gasteiger partial charge in [0.25, 0.3) is 0 Å². The summed E-state index contributed by atoms with van der Waals surface area (Å²) in [5.41, 5.74) is 2.77. The molecule has 3 nitrogen and oxygen atoms in total. The van der Waals surface area contributed by atoms with E-state index in [4.69, 9.17) is 0 Å². The topological polar surface area (TPSA) is 35.5 Å². The largest absolute Gasteiger partial charge is 0.393 e. The average Bonchev–Trinajstić information content (AvgIpc) is 2.53. The van der Waals surface area contributed by atoms with Crippen LogP contribution < -0.4 is 5.32 Å². The van der Waals surface area contributed by atoms with E-state index in [0.29, 0.717) is 6.04 Å². The molecule has 0 bridgehead atoms. The lowest BCUT2D eigenvalue weighted by Crippen LogP contribution is -2.38. The first-order valence-corrected chi connectivity index (χ1v) is 8.83. The van der Waals surface area contributed by atoms with Gasteiger partial charge in [0.2, 0.25) is 0 Å². The van der Waals surface area contributed by atoms with Crippen LogP contribution in [0.5, 0.6) is 0 Å². The second kappa shape index (κ2) is 9.29. The maximum atomic E-state index is 9.50. The molecule has 1 fully saturated rings. The number of nitrogens with one attached hydrogen (secondary N) is 1. The first kappa shape index (κ1) is 17.5. The number of nitrogens with zero attached hydrogens (tertiary/aromatic N) is 1. The number of hydrogen-bond acceptors (Lipinski definition) is 3. The molecule has 0 amide bonds. The molecule has 1 aromatic carbocycles. The molecule has 22 heavy (non-hydrogen) atoms. The molecule has 0 aromatic heterocycles. The summed E-state index contributed by atoms with van der Waals surface area (Å²) in [5, 5.41) is 13.1. The van der Waals surface area contributed by atoms with E-state index in [1.807, 2.05) is 0 Å². The number of rotatable bonds is 8. The fourth-order valence-corrected chi connectivity index (χ4v) is 3.03. The molecule has 3 heteroatoms. The van der Waals surface area contributed by atoms with E-state index in [2.05, 4.69) is 48.3 Å². The lowest BCUT2D eigenvalue weighted by Gasteiger charge is -2.29. The van der Waals surface area contributed by atoms with Crippen LogP contribution in [-0.2, 0) is 6.42 Å². The number of likely N-dealkylation sites (tertiary alicyclic amines) is 1. The lowest BCUT2D eigenvalue weighted by molar-refractivity contribution is 0.0820. The second-order valence-corrected chi connectivity index (χ2v) is 6.81. The van der Waals surface area contributed by atoms with Crippen LogP contribution in [0.4, 0.5) is 0 Å². The number of aliphatic hydroxyl groups excluding tert-OH is 1. The van der Waals surface area contributed by atoms with Crippen molar-refractivity contribution in [3.8, 4) is 0 Å². The summed E-state index contributed by atoms with van der Waals surface area (Å²) in [7, 11) is 0. The Morgan fingerprint density at radius 2 is 1.91 bits per heavy atom. The third kappa shape index (κ3) is 6.47. The molecular formula is C19H32N2O. The summed E-state index contributed by atoms with van der Waals surface area (Å²) in [6, 6.07) is 9.45. The van der Waals surface area contributed by atoms with Gasteiger partial charge in [0, 0.05) is 19.1 Å². The van der Waals surface area contributed by atoms with Crippen molar-refractivity contribution in [2.75, 3.05) is 26.2 Å². The summed E-state index contributed by atoms with van der Waals surface area (Å²) < 4.78 is 0. The monoisotopic (exact) mass is 304 g/mol. The predicted octanol–water partition coefficient (Wildman–Crippen LogP) is 2.75. The van der Waals surface area contributed by atoms with Gasteiger partial charge in [0.05, 0.1) is 6.10 Å². The van der Waals surface area contributed by atoms with Crippen LogP contribution in [0.15, 0.2) is 24.3 Å². The van der Waals surface area contributed by atoms with Gasteiger partial charge in [-0.25, -0.2) is 0 Å². The van der Waals surface area contributed by atoms with E-state index < -0.39 is 0 Å². The third-order valence-electron chi connectivity index (χ3n) is 4.69. The van der Waals surface area contributed by atoms with Crippen molar-refractivity contribution in [3.63, 3.8) is 0 Å². The van der Waals surface area contributed by atoms with Gasteiger partial charge in [0.1, 0.15) is 0 Å². The minimum Gasteiger partial charge on any atom is -0.393 e. The molecule has 0 aliphatic carbocycles. The molecule has 2 rings (SSSR count). The summed E-state index contributed by atoms with van der Waals surface area (Å²) in [6.45, 7) is 8.79. The van der Waals surface area contributed by atoms with E-state index >= 15 is 0 Å². The highest BCUT2D eigenvalue weighted by Crippen LogP contribution is 2.10. The smallest absolute Gasteiger partial charge is 0.0564 e. The van der Waals surface area contributed by atoms with Gasteiger partial charge in [-0.05, 0) is 64.6 Å². The van der Waals surface area contributed by atoms with Crippen LogP contribution in [0.2, 0.25) is 0 Å². The first-order valence-electron chi connectivity index (χ1n) is 8.83. The SMILES string of the molecule is Cc1ccc(CCC(C)NCCCN2CCC(O)CC2)cc1. The van der Waals surface area contributed by atoms with Crippen LogP contribution in [0.25, 0.3) is 0 Å². The lowest BCUT2D eigenvalue weighted by atomic mass is 10.0. The fourth-order valence-electron chi connectivity index (χ4n) is 3.03. The van der Waals surface area contributed by atoms with Crippen molar-refractivity contribution >= 4 is 0 Å². The van der Waals surface area contributed by atoms with Gasteiger partial charge in [-0.2, -0.15) is 0 Å². The zero-order valence-electron chi connectivity index (χ0n) is 14.2. The Morgan fingerprint density at radius 1 is 1.23 bits per heavy atom. The molecule has 124 valence electrons. The molecular weight excluding hydrogens is 272 g/mol. The molecule has 0 spiro atoms. The Kier molecular flexibility index (Phi) is 7.37. The van der Waals surface area contributed by atoms with Crippen LogP contribution in [0.3, 0.4) is 0 Å². The zero-order valence-corrected chi connectivity index (χ0v) is 14.2. The van der Waals surface area contributed by atoms with E-state index in [9.17, 15) is 5.11 Å². The number of piperidine rings is 1. The minimum atomic E-state index is -0.0591. The zero-order chi connectivity index (χ0) is 15.8. The van der Waals surface area contributed by atoms with Gasteiger partial charge in [0.15, 0.2) is 0 Å². The van der Waals surface area contributed by atoms with Gasteiger partial charge in [-0.1, -0.05) is 29.8 Å². The van der Waals surface area contributed by atoms with Crippen molar-refractivity contribution in [3.05, 3.63) is 35.4 Å². The summed E-state index contributed by atoms with van der Waals surface area (Å²) in [6.07, 6.45) is 5.37. The van der Waals surface area contributed by atoms with Crippen LogP contribution in [0, 0.1) is 6.92 Å². The summed E-state index contributed by atoms with van der Waals surface area (Å²) in [4.78, 5) is 2.48. The Labute approximate surface area is 135 Å². The summed E-state index contributed by atoms with van der Waals surface area (Å²) in [5.74, 6) is 0. The Morgan fingerprint density at radius 3 is 2.59 bits per heavy atom. The molecule has 1 aromatic rings. The highest BCUT2D eigenvalue weighted by molar-refractivity contribution is 5.21. The average molecular weight is 304 g/mol. The maximum Gasteiger partial charge on any atom is 0.0564 e. The van der Waals surface area contributed by atoms with Gasteiger partial charge in [-0.15, -0.1) is 0 Å².